The Bertz CT molecular complexity index is 850. The topological polar surface area (TPSA) is 75.7 Å². The van der Waals surface area contributed by atoms with E-state index in [9.17, 15) is 13.2 Å². The maximum absolute atomic E-state index is 13.2. The van der Waals surface area contributed by atoms with Crippen LogP contribution in [0.3, 0.4) is 0 Å². The summed E-state index contributed by atoms with van der Waals surface area (Å²) in [5, 5.41) is 2.75. The van der Waals surface area contributed by atoms with Crippen LogP contribution in [0.25, 0.3) is 0 Å². The van der Waals surface area contributed by atoms with Crippen LogP contribution in [0.2, 0.25) is 0 Å². The Kier molecular flexibility index (Phi) is 8.02. The van der Waals surface area contributed by atoms with Crippen LogP contribution in [0.1, 0.15) is 31.7 Å². The van der Waals surface area contributed by atoms with Crippen molar-refractivity contribution in [1.82, 2.24) is 5.32 Å². The quantitative estimate of drug-likeness (QED) is 0.617. The van der Waals surface area contributed by atoms with Crippen LogP contribution in [-0.2, 0) is 19.6 Å². The number of sulfonamides is 1. The highest BCUT2D eigenvalue weighted by atomic mass is 32.2. The zero-order valence-electron chi connectivity index (χ0n) is 16.6. The third-order valence-electron chi connectivity index (χ3n) is 4.31. The average Bonchev–Trinajstić information content (AvgIpc) is 2.70. The van der Waals surface area contributed by atoms with Gasteiger partial charge in [-0.1, -0.05) is 44.2 Å². The van der Waals surface area contributed by atoms with E-state index >= 15 is 0 Å². The van der Waals surface area contributed by atoms with Gasteiger partial charge >= 0.3 is 0 Å². The summed E-state index contributed by atoms with van der Waals surface area (Å²) in [5.74, 6) is -0.0270. The lowest BCUT2D eigenvalue weighted by atomic mass is 10.0. The van der Waals surface area contributed by atoms with Crippen molar-refractivity contribution in [2.75, 3.05) is 31.1 Å². The van der Waals surface area contributed by atoms with Gasteiger partial charge in [-0.15, -0.1) is 0 Å². The molecule has 0 fully saturated rings. The van der Waals surface area contributed by atoms with Crippen LogP contribution in [0.5, 0.6) is 0 Å². The van der Waals surface area contributed by atoms with Gasteiger partial charge < -0.3 is 10.1 Å². The number of nitrogens with zero attached hydrogens (tertiary/aromatic N) is 1. The molecule has 0 unspecified atom stereocenters. The van der Waals surface area contributed by atoms with Crippen LogP contribution < -0.4 is 9.62 Å². The Balaban J connectivity index is 2.29. The molecule has 0 atom stereocenters. The molecule has 0 radical (unpaired) electrons. The van der Waals surface area contributed by atoms with E-state index < -0.39 is 10.0 Å². The van der Waals surface area contributed by atoms with Crippen molar-refractivity contribution in [2.24, 2.45) is 0 Å². The van der Waals surface area contributed by atoms with E-state index in [0.29, 0.717) is 31.2 Å². The van der Waals surface area contributed by atoms with Gasteiger partial charge in [0, 0.05) is 20.3 Å². The van der Waals surface area contributed by atoms with E-state index in [1.54, 1.807) is 37.4 Å². The summed E-state index contributed by atoms with van der Waals surface area (Å²) < 4.78 is 32.5. The van der Waals surface area contributed by atoms with Gasteiger partial charge in [0.15, 0.2) is 0 Å². The van der Waals surface area contributed by atoms with Crippen molar-refractivity contribution in [3.63, 3.8) is 0 Å². The first kappa shape index (κ1) is 21.9. The van der Waals surface area contributed by atoms with Gasteiger partial charge in [-0.25, -0.2) is 8.42 Å². The van der Waals surface area contributed by atoms with E-state index in [-0.39, 0.29) is 17.3 Å². The smallest absolute Gasteiger partial charge is 0.264 e. The van der Waals surface area contributed by atoms with Gasteiger partial charge in [-0.3, -0.25) is 9.10 Å². The highest BCUT2D eigenvalue weighted by molar-refractivity contribution is 7.92. The zero-order chi connectivity index (χ0) is 20.6. The third kappa shape index (κ3) is 5.81. The molecule has 152 valence electrons. The lowest BCUT2D eigenvalue weighted by Gasteiger charge is -2.24. The van der Waals surface area contributed by atoms with E-state index in [4.69, 9.17) is 4.74 Å². The monoisotopic (exact) mass is 404 g/mol. The molecule has 2 rings (SSSR count). The van der Waals surface area contributed by atoms with Crippen molar-refractivity contribution in [2.45, 2.75) is 31.1 Å². The van der Waals surface area contributed by atoms with Crippen molar-refractivity contribution >= 4 is 21.6 Å². The van der Waals surface area contributed by atoms with Crippen LogP contribution in [0.4, 0.5) is 5.69 Å². The molecule has 2 aromatic carbocycles. The third-order valence-corrected chi connectivity index (χ3v) is 6.10. The molecule has 0 aliphatic heterocycles. The zero-order valence-corrected chi connectivity index (χ0v) is 17.4. The summed E-state index contributed by atoms with van der Waals surface area (Å²) in [7, 11) is -2.28. The Hall–Kier alpha value is -2.38. The normalized spacial score (nSPS) is 11.4. The van der Waals surface area contributed by atoms with E-state index in [0.717, 1.165) is 9.87 Å². The molecule has 0 aromatic heterocycles. The number of carbonyl (C=O) groups excluding carboxylic acids is 1. The largest absolute Gasteiger partial charge is 0.385 e. The highest BCUT2D eigenvalue weighted by Crippen LogP contribution is 2.25. The molecule has 0 bridgehead atoms. The summed E-state index contributed by atoms with van der Waals surface area (Å²) >= 11 is 0. The Labute approximate surface area is 167 Å². The van der Waals surface area contributed by atoms with Crippen molar-refractivity contribution in [1.29, 1.82) is 0 Å². The number of amides is 1. The molecule has 1 N–H and O–H groups in total. The van der Waals surface area contributed by atoms with Crippen LogP contribution in [0, 0.1) is 0 Å². The Morgan fingerprint density at radius 1 is 1.07 bits per heavy atom. The maximum Gasteiger partial charge on any atom is 0.264 e. The molecule has 0 heterocycles. The molecule has 1 amide bonds. The molecule has 2 aromatic rings. The molecular weight excluding hydrogens is 376 g/mol. The molecule has 6 nitrogen and oxygen atoms in total. The summed E-state index contributed by atoms with van der Waals surface area (Å²) in [6, 6.07) is 15.4. The first-order chi connectivity index (χ1) is 13.4. The average molecular weight is 405 g/mol. The van der Waals surface area contributed by atoms with Gasteiger partial charge in [-0.05, 0) is 42.2 Å². The first-order valence-corrected chi connectivity index (χ1v) is 10.7. The number of hydrogen-bond donors (Lipinski definition) is 1. The lowest BCUT2D eigenvalue weighted by molar-refractivity contribution is -0.119. The van der Waals surface area contributed by atoms with Gasteiger partial charge in [0.05, 0.1) is 10.6 Å². The summed E-state index contributed by atoms with van der Waals surface area (Å²) in [6.45, 7) is 4.81. The second-order valence-electron chi connectivity index (χ2n) is 6.77. The minimum atomic E-state index is -3.87. The standard InChI is InChI=1S/C21H28N2O4S/c1-17(2)18-10-12-19(13-11-18)23(16-21(24)22-14-7-15-27-3)28(25,26)20-8-5-4-6-9-20/h4-6,8-13,17H,7,14-16H2,1-3H3,(H,22,24). The number of methoxy groups -OCH3 is 1. The summed E-state index contributed by atoms with van der Waals surface area (Å²) in [4.78, 5) is 12.5. The Morgan fingerprint density at radius 2 is 1.71 bits per heavy atom. The number of benzene rings is 2. The van der Waals surface area contributed by atoms with Gasteiger partial charge in [0.1, 0.15) is 6.54 Å². The van der Waals surface area contributed by atoms with E-state index in [2.05, 4.69) is 19.2 Å². The molecule has 7 heteroatoms. The predicted molar refractivity (Wildman–Crippen MR) is 111 cm³/mol. The maximum atomic E-state index is 13.2. The van der Waals surface area contributed by atoms with Crippen LogP contribution in [0.15, 0.2) is 59.5 Å². The fourth-order valence-electron chi connectivity index (χ4n) is 2.69. The van der Waals surface area contributed by atoms with Crippen molar-refractivity contribution in [3.8, 4) is 0 Å². The van der Waals surface area contributed by atoms with Crippen molar-refractivity contribution in [3.05, 3.63) is 60.2 Å². The molecular formula is C21H28N2O4S. The van der Waals surface area contributed by atoms with Crippen LogP contribution >= 0.6 is 0 Å². The number of carbonyl (C=O) groups is 1. The second kappa shape index (κ2) is 10.2. The molecule has 0 spiro atoms. The fraction of sp³-hybridized carbons (Fsp3) is 0.381. The van der Waals surface area contributed by atoms with Crippen LogP contribution in [-0.4, -0.2) is 41.1 Å². The molecule has 0 aliphatic rings. The lowest BCUT2D eigenvalue weighted by Crippen LogP contribution is -2.41. The van der Waals surface area contributed by atoms with Gasteiger partial charge in [0.25, 0.3) is 10.0 Å². The molecule has 0 aliphatic carbocycles. The highest BCUT2D eigenvalue weighted by Gasteiger charge is 2.27. The van der Waals surface area contributed by atoms with Crippen molar-refractivity contribution < 1.29 is 17.9 Å². The molecule has 0 saturated carbocycles. The SMILES string of the molecule is COCCCNC(=O)CN(c1ccc(C(C)C)cc1)S(=O)(=O)c1ccccc1. The number of nitrogens with one attached hydrogen (secondary N) is 1. The predicted octanol–water partition coefficient (Wildman–Crippen LogP) is 3.16. The number of rotatable bonds is 10. The summed E-state index contributed by atoms with van der Waals surface area (Å²) in [5.41, 5.74) is 1.56. The first-order valence-electron chi connectivity index (χ1n) is 9.29. The summed E-state index contributed by atoms with van der Waals surface area (Å²) in [6.07, 6.45) is 0.663. The Morgan fingerprint density at radius 3 is 2.29 bits per heavy atom. The van der Waals surface area contributed by atoms with Gasteiger partial charge in [-0.2, -0.15) is 0 Å². The van der Waals surface area contributed by atoms with E-state index in [1.165, 1.54) is 12.1 Å². The number of anilines is 1. The molecule has 28 heavy (non-hydrogen) atoms. The minimum Gasteiger partial charge on any atom is -0.385 e. The number of ether oxygens (including phenoxy) is 1. The van der Waals surface area contributed by atoms with E-state index in [1.807, 2.05) is 12.1 Å². The number of hydrogen-bond acceptors (Lipinski definition) is 4. The van der Waals surface area contributed by atoms with Gasteiger partial charge in [0.2, 0.25) is 5.91 Å². The minimum absolute atomic E-state index is 0.148. The second-order valence-corrected chi connectivity index (χ2v) is 8.63. The fourth-order valence-corrected chi connectivity index (χ4v) is 4.13. The molecule has 0 saturated heterocycles.